The summed E-state index contributed by atoms with van der Waals surface area (Å²) in [5, 5.41) is 3.57. The third-order valence-electron chi connectivity index (χ3n) is 5.97. The van der Waals surface area contributed by atoms with Crippen molar-refractivity contribution in [3.05, 3.63) is 68.8 Å². The van der Waals surface area contributed by atoms with E-state index in [0.717, 1.165) is 11.1 Å². The van der Waals surface area contributed by atoms with Crippen LogP contribution in [0, 0.1) is 0 Å². The molecule has 0 atom stereocenters. The average Bonchev–Trinajstić information content (AvgIpc) is 2.99. The maximum atomic E-state index is 13.1. The van der Waals surface area contributed by atoms with E-state index in [0.29, 0.717) is 61.0 Å². The van der Waals surface area contributed by atoms with E-state index in [2.05, 4.69) is 21.2 Å². The van der Waals surface area contributed by atoms with Gasteiger partial charge in [-0.2, -0.15) is 0 Å². The van der Waals surface area contributed by atoms with Crippen molar-refractivity contribution in [2.24, 2.45) is 0 Å². The standard InChI is InChI=1S/C30H31BrClNO8/c1-35-23-16-21(33-11-10-22(34)19-15-26(38-4)29(40-6)30(41-7)27(19)31)18(14-20(23)32)9-8-17-12-24(36-2)28(39-5)25(13-17)37-3/h8-16,33H,1-7H3. The van der Waals surface area contributed by atoms with Crippen LogP contribution in [0.1, 0.15) is 21.5 Å². The van der Waals surface area contributed by atoms with E-state index in [-0.39, 0.29) is 5.78 Å². The van der Waals surface area contributed by atoms with Crippen LogP contribution in [0.4, 0.5) is 5.69 Å². The van der Waals surface area contributed by atoms with Crippen molar-refractivity contribution in [3.63, 3.8) is 0 Å². The first-order chi connectivity index (χ1) is 19.8. The summed E-state index contributed by atoms with van der Waals surface area (Å²) in [6.07, 6.45) is 6.64. The summed E-state index contributed by atoms with van der Waals surface area (Å²) >= 11 is 9.87. The number of ether oxygens (including phenoxy) is 7. The van der Waals surface area contributed by atoms with Crippen LogP contribution < -0.4 is 38.5 Å². The Morgan fingerprint density at radius 3 is 1.80 bits per heavy atom. The minimum Gasteiger partial charge on any atom is -0.495 e. The number of carbonyl (C=O) groups excluding carboxylic acids is 1. The largest absolute Gasteiger partial charge is 0.495 e. The van der Waals surface area contributed by atoms with E-state index in [1.54, 1.807) is 39.5 Å². The third-order valence-corrected chi connectivity index (χ3v) is 7.06. The molecule has 0 saturated heterocycles. The summed E-state index contributed by atoms with van der Waals surface area (Å²) in [5.74, 6) is 2.78. The number of allylic oxidation sites excluding steroid dienone is 1. The fourth-order valence-electron chi connectivity index (χ4n) is 3.97. The van der Waals surface area contributed by atoms with Crippen LogP contribution in [0.25, 0.3) is 12.2 Å². The van der Waals surface area contributed by atoms with Crippen LogP contribution in [-0.2, 0) is 0 Å². The number of ketones is 1. The molecule has 0 fully saturated rings. The number of rotatable bonds is 13. The highest BCUT2D eigenvalue weighted by molar-refractivity contribution is 9.10. The number of hydrogen-bond donors (Lipinski definition) is 1. The lowest BCUT2D eigenvalue weighted by atomic mass is 10.1. The van der Waals surface area contributed by atoms with Gasteiger partial charge in [0.1, 0.15) is 5.75 Å². The maximum absolute atomic E-state index is 13.1. The Hall–Kier alpha value is -4.02. The molecule has 0 saturated carbocycles. The van der Waals surface area contributed by atoms with Gasteiger partial charge in [-0.1, -0.05) is 23.8 Å². The molecule has 0 aliphatic carbocycles. The number of halogens is 2. The van der Waals surface area contributed by atoms with E-state index in [9.17, 15) is 4.79 Å². The molecule has 0 aromatic heterocycles. The van der Waals surface area contributed by atoms with Gasteiger partial charge in [0.15, 0.2) is 28.8 Å². The van der Waals surface area contributed by atoms with Gasteiger partial charge in [-0.3, -0.25) is 4.79 Å². The fraction of sp³-hybridized carbons (Fsp3) is 0.233. The molecule has 0 radical (unpaired) electrons. The van der Waals surface area contributed by atoms with Gasteiger partial charge < -0.3 is 38.5 Å². The predicted molar refractivity (Wildman–Crippen MR) is 164 cm³/mol. The molecule has 218 valence electrons. The molecule has 0 unspecified atom stereocenters. The van der Waals surface area contributed by atoms with Gasteiger partial charge in [-0.15, -0.1) is 0 Å². The molecule has 0 heterocycles. The monoisotopic (exact) mass is 647 g/mol. The lowest BCUT2D eigenvalue weighted by molar-refractivity contribution is 0.104. The molecule has 3 aromatic rings. The molecular formula is C30H31BrClNO8. The van der Waals surface area contributed by atoms with E-state index in [4.69, 9.17) is 44.8 Å². The molecule has 1 N–H and O–H groups in total. The molecule has 41 heavy (non-hydrogen) atoms. The first-order valence-electron chi connectivity index (χ1n) is 12.1. The van der Waals surface area contributed by atoms with Crippen LogP contribution in [-0.4, -0.2) is 55.6 Å². The lowest BCUT2D eigenvalue weighted by Gasteiger charge is -2.15. The number of methoxy groups -OCH3 is 7. The zero-order chi connectivity index (χ0) is 30.1. The summed E-state index contributed by atoms with van der Waals surface area (Å²) in [6.45, 7) is 0. The summed E-state index contributed by atoms with van der Waals surface area (Å²) in [6, 6.07) is 8.72. The maximum Gasteiger partial charge on any atom is 0.204 e. The number of hydrogen-bond acceptors (Lipinski definition) is 9. The van der Waals surface area contributed by atoms with Crippen LogP contribution in [0.2, 0.25) is 5.02 Å². The highest BCUT2D eigenvalue weighted by Gasteiger charge is 2.22. The SMILES string of the molecule is COc1cc(NC=CC(=O)c2cc(OC)c(OC)c(OC)c2Br)c(C=Cc2cc(OC)c(OC)c(OC)c2)cc1Cl. The summed E-state index contributed by atoms with van der Waals surface area (Å²) in [4.78, 5) is 13.1. The smallest absolute Gasteiger partial charge is 0.204 e. The Balaban J connectivity index is 1.95. The van der Waals surface area contributed by atoms with E-state index in [1.165, 1.54) is 40.7 Å². The van der Waals surface area contributed by atoms with Crippen molar-refractivity contribution in [2.75, 3.05) is 55.1 Å². The van der Waals surface area contributed by atoms with Crippen LogP contribution in [0.3, 0.4) is 0 Å². The summed E-state index contributed by atoms with van der Waals surface area (Å²) in [5.41, 5.74) is 2.50. The molecule has 3 aromatic carbocycles. The van der Waals surface area contributed by atoms with Crippen molar-refractivity contribution < 1.29 is 38.0 Å². The zero-order valence-electron chi connectivity index (χ0n) is 23.7. The van der Waals surface area contributed by atoms with E-state index >= 15 is 0 Å². The van der Waals surface area contributed by atoms with Crippen molar-refractivity contribution in [3.8, 4) is 40.2 Å². The van der Waals surface area contributed by atoms with Gasteiger partial charge in [0.05, 0.1) is 59.3 Å². The number of carbonyl (C=O) groups is 1. The summed E-state index contributed by atoms with van der Waals surface area (Å²) < 4.78 is 38.3. The minimum absolute atomic E-state index is 0.306. The fourth-order valence-corrected chi connectivity index (χ4v) is 4.87. The van der Waals surface area contributed by atoms with Crippen LogP contribution in [0.5, 0.6) is 40.2 Å². The van der Waals surface area contributed by atoms with Gasteiger partial charge in [0.2, 0.25) is 11.5 Å². The molecule has 3 rings (SSSR count). The average molecular weight is 649 g/mol. The second kappa shape index (κ2) is 14.6. The molecule has 0 bridgehead atoms. The number of benzene rings is 3. The number of anilines is 1. The second-order valence-electron chi connectivity index (χ2n) is 8.21. The third kappa shape index (κ3) is 7.01. The Labute approximate surface area is 252 Å². The van der Waals surface area contributed by atoms with Gasteiger partial charge in [-0.25, -0.2) is 0 Å². The Morgan fingerprint density at radius 2 is 1.27 bits per heavy atom. The molecule has 0 amide bonds. The zero-order valence-corrected chi connectivity index (χ0v) is 26.1. The molecule has 0 aliphatic rings. The Kier molecular flexibility index (Phi) is 11.2. The van der Waals surface area contributed by atoms with Crippen molar-refractivity contribution in [2.45, 2.75) is 0 Å². The van der Waals surface area contributed by atoms with Crippen LogP contribution >= 0.6 is 27.5 Å². The van der Waals surface area contributed by atoms with Gasteiger partial charge in [-0.05, 0) is 51.3 Å². The highest BCUT2D eigenvalue weighted by Crippen LogP contribution is 2.45. The van der Waals surface area contributed by atoms with Gasteiger partial charge in [0, 0.05) is 29.6 Å². The first kappa shape index (κ1) is 31.5. The van der Waals surface area contributed by atoms with E-state index < -0.39 is 0 Å². The van der Waals surface area contributed by atoms with Crippen LogP contribution in [0.15, 0.2) is 47.1 Å². The second-order valence-corrected chi connectivity index (χ2v) is 9.41. The molecule has 0 spiro atoms. The molecule has 9 nitrogen and oxygen atoms in total. The normalized spacial score (nSPS) is 11.0. The predicted octanol–water partition coefficient (Wildman–Crippen LogP) is 7.14. The Morgan fingerprint density at radius 1 is 0.707 bits per heavy atom. The van der Waals surface area contributed by atoms with Crippen molar-refractivity contribution >= 4 is 51.2 Å². The van der Waals surface area contributed by atoms with Gasteiger partial charge in [0.25, 0.3) is 0 Å². The highest BCUT2D eigenvalue weighted by atomic mass is 79.9. The quantitative estimate of drug-likeness (QED) is 0.118. The van der Waals surface area contributed by atoms with Crippen molar-refractivity contribution in [1.82, 2.24) is 0 Å². The Bertz CT molecular complexity index is 1450. The van der Waals surface area contributed by atoms with Crippen molar-refractivity contribution in [1.29, 1.82) is 0 Å². The van der Waals surface area contributed by atoms with E-state index in [1.807, 2.05) is 24.3 Å². The molecule has 11 heteroatoms. The topological polar surface area (TPSA) is 93.7 Å². The molecular weight excluding hydrogens is 618 g/mol. The lowest BCUT2D eigenvalue weighted by Crippen LogP contribution is -2.03. The number of nitrogens with one attached hydrogen (secondary N) is 1. The van der Waals surface area contributed by atoms with Gasteiger partial charge >= 0.3 is 0 Å². The summed E-state index contributed by atoms with van der Waals surface area (Å²) in [7, 11) is 10.6. The minimum atomic E-state index is -0.306. The first-order valence-corrected chi connectivity index (χ1v) is 13.2. The molecule has 0 aliphatic heterocycles.